The molecule has 0 aliphatic carbocycles. The van der Waals surface area contributed by atoms with Gasteiger partial charge < -0.3 is 25.0 Å². The van der Waals surface area contributed by atoms with Crippen LogP contribution in [0.15, 0.2) is 53.5 Å². The average molecular weight is 512 g/mol. The number of halogens is 1. The van der Waals surface area contributed by atoms with Gasteiger partial charge in [0.2, 0.25) is 5.91 Å². The number of amides is 1. The lowest BCUT2D eigenvalue weighted by Crippen LogP contribution is -2.34. The molecule has 2 rings (SSSR count). The number of rotatable bonds is 8. The summed E-state index contributed by atoms with van der Waals surface area (Å²) in [5.41, 5.74) is 2.01. The van der Waals surface area contributed by atoms with Gasteiger partial charge in [-0.1, -0.05) is 30.3 Å². The van der Waals surface area contributed by atoms with Crippen molar-refractivity contribution in [1.29, 1.82) is 0 Å². The number of nitrogens with zero attached hydrogens (tertiary/aromatic N) is 2. The third-order valence-electron chi connectivity index (χ3n) is 4.07. The van der Waals surface area contributed by atoms with E-state index in [4.69, 9.17) is 9.47 Å². The summed E-state index contributed by atoms with van der Waals surface area (Å²) in [6.07, 6.45) is 0.842. The first-order valence-corrected chi connectivity index (χ1v) is 9.05. The molecule has 158 valence electrons. The Labute approximate surface area is 189 Å². The Bertz CT molecular complexity index is 798. The van der Waals surface area contributed by atoms with E-state index in [-0.39, 0.29) is 36.4 Å². The molecule has 0 atom stereocenters. The monoisotopic (exact) mass is 512 g/mol. The van der Waals surface area contributed by atoms with Crippen molar-refractivity contribution >= 4 is 41.5 Å². The quantitative estimate of drug-likeness (QED) is 0.323. The molecule has 0 saturated heterocycles. The SMILES string of the molecule is COc1ccc(NC(=NCC(=O)N(C)C)NCCc2ccccc2)cc1OC.I. The van der Waals surface area contributed by atoms with E-state index in [0.29, 0.717) is 24.0 Å². The molecule has 7 nitrogen and oxygen atoms in total. The summed E-state index contributed by atoms with van der Waals surface area (Å²) < 4.78 is 10.6. The van der Waals surface area contributed by atoms with Crippen LogP contribution >= 0.6 is 24.0 Å². The van der Waals surface area contributed by atoms with Crippen molar-refractivity contribution in [3.8, 4) is 11.5 Å². The van der Waals surface area contributed by atoms with Crippen LogP contribution in [0.2, 0.25) is 0 Å². The minimum absolute atomic E-state index is 0. The molecule has 0 unspecified atom stereocenters. The predicted molar refractivity (Wildman–Crippen MR) is 128 cm³/mol. The molecule has 0 aliphatic heterocycles. The lowest BCUT2D eigenvalue weighted by molar-refractivity contribution is -0.127. The highest BCUT2D eigenvalue weighted by Gasteiger charge is 2.08. The Balaban J connectivity index is 0.00000420. The average Bonchev–Trinajstić information content (AvgIpc) is 2.72. The van der Waals surface area contributed by atoms with Gasteiger partial charge in [-0.05, 0) is 24.1 Å². The van der Waals surface area contributed by atoms with Crippen molar-refractivity contribution < 1.29 is 14.3 Å². The number of aliphatic imine (C=N–C) groups is 1. The second-order valence-electron chi connectivity index (χ2n) is 6.31. The van der Waals surface area contributed by atoms with Gasteiger partial charge in [-0.25, -0.2) is 4.99 Å². The van der Waals surface area contributed by atoms with E-state index in [1.54, 1.807) is 28.3 Å². The Morgan fingerprint density at radius 1 is 1.03 bits per heavy atom. The first kappa shape index (κ1) is 24.5. The van der Waals surface area contributed by atoms with Gasteiger partial charge in [0, 0.05) is 32.4 Å². The summed E-state index contributed by atoms with van der Waals surface area (Å²) in [4.78, 5) is 17.8. The lowest BCUT2D eigenvalue weighted by atomic mass is 10.1. The molecule has 8 heteroatoms. The molecule has 2 aromatic rings. The molecule has 0 heterocycles. The topological polar surface area (TPSA) is 75.2 Å². The molecule has 0 aliphatic rings. The van der Waals surface area contributed by atoms with Crippen molar-refractivity contribution in [2.24, 2.45) is 4.99 Å². The molecule has 29 heavy (non-hydrogen) atoms. The third kappa shape index (κ3) is 8.18. The summed E-state index contributed by atoms with van der Waals surface area (Å²) in [6.45, 7) is 0.736. The highest BCUT2D eigenvalue weighted by Crippen LogP contribution is 2.29. The lowest BCUT2D eigenvalue weighted by Gasteiger charge is -2.15. The van der Waals surface area contributed by atoms with Crippen molar-refractivity contribution in [2.75, 3.05) is 46.7 Å². The van der Waals surface area contributed by atoms with Crippen LogP contribution in [0, 0.1) is 0 Å². The molecule has 2 N–H and O–H groups in total. The second-order valence-corrected chi connectivity index (χ2v) is 6.31. The number of methoxy groups -OCH3 is 2. The predicted octanol–water partition coefficient (Wildman–Crippen LogP) is 3.01. The van der Waals surface area contributed by atoms with Crippen molar-refractivity contribution in [3.63, 3.8) is 0 Å². The maximum atomic E-state index is 11.9. The number of hydrogen-bond acceptors (Lipinski definition) is 4. The number of likely N-dealkylation sites (N-methyl/N-ethyl adjacent to an activating group) is 1. The first-order valence-electron chi connectivity index (χ1n) is 9.05. The van der Waals surface area contributed by atoms with Gasteiger partial charge in [0.1, 0.15) is 6.54 Å². The van der Waals surface area contributed by atoms with Crippen LogP contribution in [0.5, 0.6) is 11.5 Å². The van der Waals surface area contributed by atoms with Crippen LogP contribution in [0.1, 0.15) is 5.56 Å². The van der Waals surface area contributed by atoms with Crippen LogP contribution in [0.25, 0.3) is 0 Å². The minimum Gasteiger partial charge on any atom is -0.493 e. The fraction of sp³-hybridized carbons (Fsp3) is 0.333. The smallest absolute Gasteiger partial charge is 0.243 e. The summed E-state index contributed by atoms with van der Waals surface area (Å²) in [6, 6.07) is 15.7. The highest BCUT2D eigenvalue weighted by atomic mass is 127. The fourth-order valence-electron chi connectivity index (χ4n) is 2.45. The molecular formula is C21H29IN4O3. The zero-order chi connectivity index (χ0) is 20.4. The number of carbonyl (C=O) groups is 1. The van der Waals surface area contributed by atoms with Gasteiger partial charge in [-0.3, -0.25) is 4.79 Å². The van der Waals surface area contributed by atoms with E-state index in [1.165, 1.54) is 10.5 Å². The molecule has 2 aromatic carbocycles. The number of benzene rings is 2. The first-order chi connectivity index (χ1) is 13.5. The Hall–Kier alpha value is -2.49. The largest absolute Gasteiger partial charge is 0.493 e. The van der Waals surface area contributed by atoms with Crippen LogP contribution in [-0.2, 0) is 11.2 Å². The van der Waals surface area contributed by atoms with E-state index in [9.17, 15) is 4.79 Å². The van der Waals surface area contributed by atoms with Crippen molar-refractivity contribution in [2.45, 2.75) is 6.42 Å². The number of nitrogens with one attached hydrogen (secondary N) is 2. The third-order valence-corrected chi connectivity index (χ3v) is 4.07. The Kier molecular flexibility index (Phi) is 10.9. The second kappa shape index (κ2) is 12.9. The molecule has 0 fully saturated rings. The molecule has 0 bridgehead atoms. The summed E-state index contributed by atoms with van der Waals surface area (Å²) >= 11 is 0. The number of hydrogen-bond donors (Lipinski definition) is 2. The molecular weight excluding hydrogens is 483 g/mol. The summed E-state index contributed by atoms with van der Waals surface area (Å²) in [5.74, 6) is 1.71. The van der Waals surface area contributed by atoms with Gasteiger partial charge in [0.15, 0.2) is 17.5 Å². The van der Waals surface area contributed by atoms with Crippen LogP contribution in [0.3, 0.4) is 0 Å². The Morgan fingerprint density at radius 2 is 1.72 bits per heavy atom. The van der Waals surface area contributed by atoms with E-state index in [1.807, 2.05) is 36.4 Å². The van der Waals surface area contributed by atoms with E-state index >= 15 is 0 Å². The van der Waals surface area contributed by atoms with Gasteiger partial charge in [-0.2, -0.15) is 0 Å². The van der Waals surface area contributed by atoms with E-state index in [2.05, 4.69) is 27.8 Å². The normalized spacial score (nSPS) is 10.6. The maximum absolute atomic E-state index is 11.9. The summed E-state index contributed by atoms with van der Waals surface area (Å²) in [5, 5.41) is 6.49. The van der Waals surface area contributed by atoms with E-state index < -0.39 is 0 Å². The zero-order valence-electron chi connectivity index (χ0n) is 17.3. The number of carbonyl (C=O) groups excluding carboxylic acids is 1. The van der Waals surface area contributed by atoms with Gasteiger partial charge in [0.25, 0.3) is 0 Å². The Morgan fingerprint density at radius 3 is 2.34 bits per heavy atom. The molecule has 1 amide bonds. The molecule has 0 spiro atoms. The molecule has 0 radical (unpaired) electrons. The minimum atomic E-state index is -0.0727. The van der Waals surface area contributed by atoms with Gasteiger partial charge in [-0.15, -0.1) is 24.0 Å². The number of ether oxygens (including phenoxy) is 2. The number of anilines is 1. The van der Waals surface area contributed by atoms with Crippen molar-refractivity contribution in [1.82, 2.24) is 10.2 Å². The van der Waals surface area contributed by atoms with E-state index in [0.717, 1.165) is 12.1 Å². The van der Waals surface area contributed by atoms with Crippen LogP contribution in [-0.4, -0.2) is 58.2 Å². The fourth-order valence-corrected chi connectivity index (χ4v) is 2.45. The molecule has 0 saturated carbocycles. The highest BCUT2D eigenvalue weighted by molar-refractivity contribution is 14.0. The standard InChI is InChI=1S/C21H28N4O3.HI/c1-25(2)20(26)15-23-21(22-13-12-16-8-6-5-7-9-16)24-17-10-11-18(27-3)19(14-17)28-4;/h5-11,14H,12-13,15H2,1-4H3,(H2,22,23,24);1H. The van der Waals surface area contributed by atoms with Crippen LogP contribution < -0.4 is 20.1 Å². The van der Waals surface area contributed by atoms with Gasteiger partial charge in [0.05, 0.1) is 14.2 Å². The van der Waals surface area contributed by atoms with Crippen molar-refractivity contribution in [3.05, 3.63) is 54.1 Å². The maximum Gasteiger partial charge on any atom is 0.243 e. The summed E-state index contributed by atoms with van der Waals surface area (Å²) in [7, 11) is 6.60. The zero-order valence-corrected chi connectivity index (χ0v) is 19.6. The van der Waals surface area contributed by atoms with Crippen LogP contribution in [0.4, 0.5) is 5.69 Å². The van der Waals surface area contributed by atoms with Gasteiger partial charge >= 0.3 is 0 Å². The molecule has 0 aromatic heterocycles. The number of guanidine groups is 1.